The molecule has 126 valence electrons. The summed E-state index contributed by atoms with van der Waals surface area (Å²) in [5, 5.41) is 0. The average molecular weight is 328 g/mol. The first-order valence-corrected chi connectivity index (χ1v) is 7.73. The van der Waals surface area contributed by atoms with Crippen molar-refractivity contribution in [2.24, 2.45) is 11.7 Å². The average Bonchev–Trinajstić information content (AvgIpc) is 2.90. The number of carbonyl (C=O) groups excluding carboxylic acids is 1. The normalized spacial score (nSPS) is 24.7. The summed E-state index contributed by atoms with van der Waals surface area (Å²) in [6, 6.07) is -0.0356. The zero-order valence-corrected chi connectivity index (χ0v) is 12.9. The van der Waals surface area contributed by atoms with Crippen molar-refractivity contribution in [2.45, 2.75) is 44.8 Å². The maximum absolute atomic E-state index is 13.2. The van der Waals surface area contributed by atoms with Gasteiger partial charge in [0.05, 0.1) is 0 Å². The van der Waals surface area contributed by atoms with Gasteiger partial charge in [-0.1, -0.05) is 0 Å². The molecule has 1 amide bonds. The van der Waals surface area contributed by atoms with E-state index in [0.717, 1.165) is 6.42 Å². The topological polar surface area (TPSA) is 72.1 Å². The molecule has 1 aliphatic heterocycles. The Morgan fingerprint density at radius 1 is 1.30 bits per heavy atom. The number of alkyl halides is 3. The Balaban J connectivity index is 1.86. The number of halogens is 3. The fraction of sp³-hybridized carbons (Fsp3) is 0.667. The number of likely N-dealkylation sites (tertiary alicyclic amines) is 1. The Morgan fingerprint density at radius 2 is 2.04 bits per heavy atom. The zero-order chi connectivity index (χ0) is 16.8. The first kappa shape index (κ1) is 16.2. The zero-order valence-electron chi connectivity index (χ0n) is 12.9. The third-order valence-electron chi connectivity index (χ3n) is 4.54. The molecule has 3 rings (SSSR count). The maximum atomic E-state index is 13.2. The molecule has 2 heterocycles. The summed E-state index contributed by atoms with van der Waals surface area (Å²) >= 11 is 0. The molecule has 2 unspecified atom stereocenters. The third-order valence-corrected chi connectivity index (χ3v) is 4.54. The highest BCUT2D eigenvalue weighted by molar-refractivity contribution is 5.80. The molecule has 1 aliphatic carbocycles. The number of fused-ring (bicyclic) bond motifs is 1. The molecule has 0 bridgehead atoms. The molecule has 2 aliphatic rings. The Labute approximate surface area is 132 Å². The summed E-state index contributed by atoms with van der Waals surface area (Å²) in [5.74, 6) is -0.427. The van der Waals surface area contributed by atoms with E-state index in [9.17, 15) is 18.0 Å². The summed E-state index contributed by atoms with van der Waals surface area (Å²) in [6.07, 6.45) is -2.84. The largest absolute Gasteiger partial charge is 0.433 e. The summed E-state index contributed by atoms with van der Waals surface area (Å²) in [5.41, 5.74) is 5.41. The molecule has 1 aromatic rings. The van der Waals surface area contributed by atoms with E-state index in [0.29, 0.717) is 31.6 Å². The second-order valence-corrected chi connectivity index (χ2v) is 6.32. The van der Waals surface area contributed by atoms with Gasteiger partial charge in [0.25, 0.3) is 0 Å². The lowest BCUT2D eigenvalue weighted by Gasteiger charge is -2.28. The summed E-state index contributed by atoms with van der Waals surface area (Å²) in [7, 11) is 0. The molecule has 0 saturated carbocycles. The van der Waals surface area contributed by atoms with Crippen LogP contribution in [0.15, 0.2) is 0 Å². The maximum Gasteiger partial charge on any atom is 0.433 e. The van der Waals surface area contributed by atoms with Gasteiger partial charge in [0.1, 0.15) is 5.82 Å². The molecule has 23 heavy (non-hydrogen) atoms. The molecule has 0 radical (unpaired) electrons. The number of nitrogens with two attached hydrogens (primary N) is 1. The van der Waals surface area contributed by atoms with E-state index in [4.69, 9.17) is 5.73 Å². The van der Waals surface area contributed by atoms with Crippen molar-refractivity contribution >= 4 is 5.91 Å². The van der Waals surface area contributed by atoms with Crippen LogP contribution in [0, 0.1) is 12.8 Å². The van der Waals surface area contributed by atoms with Crippen LogP contribution in [-0.2, 0) is 23.8 Å². The van der Waals surface area contributed by atoms with Crippen molar-refractivity contribution < 1.29 is 18.0 Å². The fourth-order valence-electron chi connectivity index (χ4n) is 3.43. The lowest BCUT2D eigenvalue weighted by molar-refractivity contribution is -0.143. The number of nitrogens with zero attached hydrogens (tertiary/aromatic N) is 3. The van der Waals surface area contributed by atoms with Crippen molar-refractivity contribution in [2.75, 3.05) is 13.1 Å². The van der Waals surface area contributed by atoms with Gasteiger partial charge >= 0.3 is 6.18 Å². The van der Waals surface area contributed by atoms with Crippen molar-refractivity contribution in [3.63, 3.8) is 0 Å². The number of hydrogen-bond acceptors (Lipinski definition) is 4. The predicted molar refractivity (Wildman–Crippen MR) is 76.5 cm³/mol. The monoisotopic (exact) mass is 328 g/mol. The minimum absolute atomic E-state index is 0.0356. The lowest BCUT2D eigenvalue weighted by atomic mass is 9.84. The van der Waals surface area contributed by atoms with Crippen LogP contribution >= 0.6 is 0 Å². The molecule has 0 spiro atoms. The van der Waals surface area contributed by atoms with Crippen LogP contribution in [0.4, 0.5) is 13.2 Å². The molecule has 1 fully saturated rings. The highest BCUT2D eigenvalue weighted by atomic mass is 19.4. The summed E-state index contributed by atoms with van der Waals surface area (Å²) < 4.78 is 39.7. The van der Waals surface area contributed by atoms with Crippen LogP contribution in [-0.4, -0.2) is 39.9 Å². The van der Waals surface area contributed by atoms with Crippen molar-refractivity contribution in [3.8, 4) is 0 Å². The summed E-state index contributed by atoms with van der Waals surface area (Å²) in [4.78, 5) is 21.9. The SMILES string of the molecule is Cc1nc2c(c(C(F)(F)F)n1)CC(C(=O)N1CCC(N)C1)CC2. The molecular weight excluding hydrogens is 309 g/mol. The van der Waals surface area contributed by atoms with E-state index in [1.54, 1.807) is 4.90 Å². The van der Waals surface area contributed by atoms with E-state index >= 15 is 0 Å². The molecule has 8 heteroatoms. The second-order valence-electron chi connectivity index (χ2n) is 6.32. The minimum Gasteiger partial charge on any atom is -0.341 e. The van der Waals surface area contributed by atoms with Crippen LogP contribution in [0.1, 0.15) is 35.6 Å². The summed E-state index contributed by atoms with van der Waals surface area (Å²) in [6.45, 7) is 2.52. The van der Waals surface area contributed by atoms with Crippen LogP contribution in [0.5, 0.6) is 0 Å². The quantitative estimate of drug-likeness (QED) is 0.847. The first-order valence-electron chi connectivity index (χ1n) is 7.73. The molecule has 1 aromatic heterocycles. The second kappa shape index (κ2) is 5.74. The van der Waals surface area contributed by atoms with Gasteiger partial charge in [0.15, 0.2) is 5.69 Å². The Kier molecular flexibility index (Phi) is 4.03. The van der Waals surface area contributed by atoms with Crippen molar-refractivity contribution in [1.82, 2.24) is 14.9 Å². The molecule has 0 aromatic carbocycles. The Hall–Kier alpha value is -1.70. The van der Waals surface area contributed by atoms with Gasteiger partial charge in [-0.2, -0.15) is 13.2 Å². The number of aromatic nitrogens is 2. The molecular formula is C15H19F3N4O. The van der Waals surface area contributed by atoms with Crippen LogP contribution in [0.25, 0.3) is 0 Å². The van der Waals surface area contributed by atoms with E-state index in [1.165, 1.54) is 6.92 Å². The first-order chi connectivity index (χ1) is 10.8. The van der Waals surface area contributed by atoms with Gasteiger partial charge in [-0.25, -0.2) is 9.97 Å². The standard InChI is InChI=1S/C15H19F3N4O/c1-8-20-12-3-2-9(14(23)22-5-4-10(19)7-22)6-11(12)13(21-8)15(16,17)18/h9-10H,2-7,19H2,1H3. The van der Waals surface area contributed by atoms with Gasteiger partial charge in [0.2, 0.25) is 5.91 Å². The van der Waals surface area contributed by atoms with Crippen LogP contribution in [0.2, 0.25) is 0 Å². The Morgan fingerprint density at radius 3 is 2.65 bits per heavy atom. The molecule has 1 saturated heterocycles. The van der Waals surface area contributed by atoms with E-state index in [2.05, 4.69) is 9.97 Å². The van der Waals surface area contributed by atoms with Crippen molar-refractivity contribution in [3.05, 3.63) is 22.8 Å². The molecule has 5 nitrogen and oxygen atoms in total. The van der Waals surface area contributed by atoms with Crippen LogP contribution < -0.4 is 5.73 Å². The third kappa shape index (κ3) is 3.17. The Bertz CT molecular complexity index is 632. The van der Waals surface area contributed by atoms with Gasteiger partial charge in [-0.3, -0.25) is 4.79 Å². The van der Waals surface area contributed by atoms with Gasteiger partial charge in [-0.05, 0) is 32.6 Å². The molecule has 2 N–H and O–H groups in total. The fourth-order valence-corrected chi connectivity index (χ4v) is 3.43. The smallest absolute Gasteiger partial charge is 0.341 e. The van der Waals surface area contributed by atoms with E-state index in [-0.39, 0.29) is 29.8 Å². The number of amides is 1. The number of hydrogen-bond donors (Lipinski definition) is 1. The molecule has 2 atom stereocenters. The minimum atomic E-state index is -4.53. The lowest BCUT2D eigenvalue weighted by Crippen LogP contribution is -2.39. The van der Waals surface area contributed by atoms with Crippen molar-refractivity contribution in [1.29, 1.82) is 0 Å². The highest BCUT2D eigenvalue weighted by Crippen LogP contribution is 2.36. The highest BCUT2D eigenvalue weighted by Gasteiger charge is 2.40. The van der Waals surface area contributed by atoms with Gasteiger partial charge in [0, 0.05) is 36.3 Å². The van der Waals surface area contributed by atoms with E-state index < -0.39 is 17.8 Å². The van der Waals surface area contributed by atoms with Gasteiger partial charge < -0.3 is 10.6 Å². The number of rotatable bonds is 1. The van der Waals surface area contributed by atoms with Gasteiger partial charge in [-0.15, -0.1) is 0 Å². The van der Waals surface area contributed by atoms with Crippen LogP contribution in [0.3, 0.4) is 0 Å². The number of aryl methyl sites for hydroxylation is 2. The number of carbonyl (C=O) groups is 1. The van der Waals surface area contributed by atoms with E-state index in [1.807, 2.05) is 0 Å². The predicted octanol–water partition coefficient (Wildman–Crippen LogP) is 1.47.